The van der Waals surface area contributed by atoms with Gasteiger partial charge in [0, 0.05) is 23.1 Å². The molecule has 0 spiro atoms. The van der Waals surface area contributed by atoms with Crippen LogP contribution in [0.4, 0.5) is 24.5 Å². The van der Waals surface area contributed by atoms with Crippen molar-refractivity contribution in [3.05, 3.63) is 66.4 Å². The van der Waals surface area contributed by atoms with Gasteiger partial charge in [-0.1, -0.05) is 24.3 Å². The molecule has 0 unspecified atom stereocenters. The molecule has 2 aliphatic heterocycles. The van der Waals surface area contributed by atoms with Crippen LogP contribution in [-0.2, 0) is 15.8 Å². The first-order chi connectivity index (χ1) is 14.3. The molecule has 0 N–H and O–H groups in total. The lowest BCUT2D eigenvalue weighted by atomic mass is 9.99. The Morgan fingerprint density at radius 3 is 1.80 bits per heavy atom. The summed E-state index contributed by atoms with van der Waals surface area (Å²) in [6, 6.07) is 14.3. The van der Waals surface area contributed by atoms with Gasteiger partial charge in [0.1, 0.15) is 13.1 Å². The topological polar surface area (TPSA) is 53.0 Å². The second-order valence-electron chi connectivity index (χ2n) is 7.17. The summed E-state index contributed by atoms with van der Waals surface area (Å²) in [4.78, 5) is 30.2. The molecule has 0 atom stereocenters. The van der Waals surface area contributed by atoms with Crippen LogP contribution in [0.25, 0.3) is 22.4 Å². The van der Waals surface area contributed by atoms with E-state index in [4.69, 9.17) is 0 Å². The third-order valence-electron chi connectivity index (χ3n) is 5.11. The molecule has 0 radical (unpaired) electrons. The summed E-state index contributed by atoms with van der Waals surface area (Å²) < 4.78 is 39.9. The number of carbonyl (C=O) groups is 2. The van der Waals surface area contributed by atoms with E-state index in [1.165, 1.54) is 12.3 Å². The summed E-state index contributed by atoms with van der Waals surface area (Å²) in [6.45, 7) is 0.658. The van der Waals surface area contributed by atoms with Crippen molar-refractivity contribution in [2.24, 2.45) is 0 Å². The summed E-state index contributed by atoms with van der Waals surface area (Å²) in [5.41, 5.74) is 2.35. The smallest absolute Gasteiger partial charge is 0.301 e. The van der Waals surface area contributed by atoms with Crippen LogP contribution in [-0.4, -0.2) is 29.9 Å². The molecular formula is C22H14F3N3O2. The highest BCUT2D eigenvalue weighted by molar-refractivity contribution is 6.15. The number of carbonyl (C=O) groups excluding carboxylic acids is 2. The number of pyridine rings is 1. The number of halogens is 3. The van der Waals surface area contributed by atoms with Crippen LogP contribution in [0.3, 0.4) is 0 Å². The SMILES string of the molecule is O=C1CN1c1cc(-c2ccc(-c3ncccc3C(F)(F)F)cc2)cc(N2CC2=O)c1. The molecular weight excluding hydrogens is 395 g/mol. The normalized spacial score (nSPS) is 15.6. The molecule has 3 aromatic rings. The highest BCUT2D eigenvalue weighted by Gasteiger charge is 2.36. The van der Waals surface area contributed by atoms with Gasteiger partial charge in [-0.25, -0.2) is 0 Å². The lowest BCUT2D eigenvalue weighted by Gasteiger charge is -2.13. The van der Waals surface area contributed by atoms with Crippen molar-refractivity contribution in [2.75, 3.05) is 22.9 Å². The van der Waals surface area contributed by atoms with Crippen molar-refractivity contribution in [3.8, 4) is 22.4 Å². The van der Waals surface area contributed by atoms with Crippen LogP contribution in [0.1, 0.15) is 5.56 Å². The zero-order valence-corrected chi connectivity index (χ0v) is 15.5. The molecule has 8 heteroatoms. The summed E-state index contributed by atoms with van der Waals surface area (Å²) in [6.07, 6.45) is -3.17. The average molecular weight is 409 g/mol. The molecule has 1 aromatic heterocycles. The quantitative estimate of drug-likeness (QED) is 0.609. The van der Waals surface area contributed by atoms with E-state index in [1.807, 2.05) is 12.1 Å². The van der Waals surface area contributed by atoms with Gasteiger partial charge in [-0.15, -0.1) is 0 Å². The second kappa shape index (κ2) is 6.41. The Morgan fingerprint density at radius 2 is 1.30 bits per heavy atom. The van der Waals surface area contributed by atoms with Gasteiger partial charge >= 0.3 is 6.18 Å². The first-order valence-electron chi connectivity index (χ1n) is 9.20. The van der Waals surface area contributed by atoms with Crippen LogP contribution in [0.15, 0.2) is 60.8 Å². The van der Waals surface area contributed by atoms with Crippen LogP contribution in [0, 0.1) is 0 Å². The van der Waals surface area contributed by atoms with Crippen molar-refractivity contribution in [1.82, 2.24) is 4.98 Å². The molecule has 3 heterocycles. The van der Waals surface area contributed by atoms with E-state index in [1.54, 1.807) is 40.1 Å². The van der Waals surface area contributed by atoms with Gasteiger partial charge in [-0.05, 0) is 41.5 Å². The predicted octanol–water partition coefficient (Wildman–Crippen LogP) is 4.13. The minimum absolute atomic E-state index is 0.000374. The van der Waals surface area contributed by atoms with E-state index in [0.29, 0.717) is 30.0 Å². The van der Waals surface area contributed by atoms with E-state index in [-0.39, 0.29) is 17.5 Å². The van der Waals surface area contributed by atoms with Crippen LogP contribution < -0.4 is 9.80 Å². The Bertz CT molecular complexity index is 1150. The van der Waals surface area contributed by atoms with Crippen molar-refractivity contribution >= 4 is 23.2 Å². The van der Waals surface area contributed by atoms with Gasteiger partial charge in [0.2, 0.25) is 11.8 Å². The van der Waals surface area contributed by atoms with Crippen LogP contribution in [0.2, 0.25) is 0 Å². The molecule has 0 saturated carbocycles. The second-order valence-corrected chi connectivity index (χ2v) is 7.17. The largest absolute Gasteiger partial charge is 0.418 e. The lowest BCUT2D eigenvalue weighted by molar-refractivity contribution is -0.137. The third-order valence-corrected chi connectivity index (χ3v) is 5.11. The molecule has 2 aromatic carbocycles. The molecule has 2 fully saturated rings. The fourth-order valence-corrected chi connectivity index (χ4v) is 3.43. The zero-order chi connectivity index (χ0) is 21.0. The van der Waals surface area contributed by atoms with Gasteiger partial charge in [0.25, 0.3) is 0 Å². The Morgan fingerprint density at radius 1 is 0.767 bits per heavy atom. The number of nitrogens with zero attached hydrogens (tertiary/aromatic N) is 3. The number of alkyl halides is 3. The zero-order valence-electron chi connectivity index (χ0n) is 15.5. The summed E-state index contributed by atoms with van der Waals surface area (Å²) in [7, 11) is 0. The number of benzene rings is 2. The van der Waals surface area contributed by atoms with Crippen molar-refractivity contribution in [2.45, 2.75) is 6.18 Å². The molecule has 150 valence electrons. The van der Waals surface area contributed by atoms with Gasteiger partial charge in [0.15, 0.2) is 0 Å². The Kier molecular flexibility index (Phi) is 3.92. The van der Waals surface area contributed by atoms with Gasteiger partial charge in [-0.3, -0.25) is 14.6 Å². The van der Waals surface area contributed by atoms with Crippen molar-refractivity contribution < 1.29 is 22.8 Å². The molecule has 30 heavy (non-hydrogen) atoms. The van der Waals surface area contributed by atoms with Gasteiger partial charge in [0.05, 0.1) is 11.3 Å². The number of hydrogen-bond donors (Lipinski definition) is 0. The first kappa shape index (κ1) is 18.4. The van der Waals surface area contributed by atoms with Crippen LogP contribution in [0.5, 0.6) is 0 Å². The number of rotatable bonds is 4. The van der Waals surface area contributed by atoms with Gasteiger partial charge in [-0.2, -0.15) is 13.2 Å². The van der Waals surface area contributed by atoms with E-state index < -0.39 is 11.7 Å². The molecule has 2 amide bonds. The first-order valence-corrected chi connectivity index (χ1v) is 9.20. The molecule has 5 nitrogen and oxygen atoms in total. The predicted molar refractivity (Wildman–Crippen MR) is 105 cm³/mol. The third kappa shape index (κ3) is 3.30. The van der Waals surface area contributed by atoms with Crippen LogP contribution >= 0.6 is 0 Å². The average Bonchev–Trinajstić information content (AvgIpc) is 3.65. The maximum Gasteiger partial charge on any atom is 0.418 e. The summed E-state index contributed by atoms with van der Waals surface area (Å²) in [5, 5.41) is 0. The number of anilines is 2. The minimum atomic E-state index is -4.50. The highest BCUT2D eigenvalue weighted by atomic mass is 19.4. The van der Waals surface area contributed by atoms with Crippen molar-refractivity contribution in [1.29, 1.82) is 0 Å². The van der Waals surface area contributed by atoms with E-state index in [2.05, 4.69) is 4.98 Å². The highest BCUT2D eigenvalue weighted by Crippen LogP contribution is 2.38. The molecule has 2 aliphatic rings. The fraction of sp³-hybridized carbons (Fsp3) is 0.136. The number of amides is 2. The van der Waals surface area contributed by atoms with E-state index in [9.17, 15) is 22.8 Å². The van der Waals surface area contributed by atoms with E-state index in [0.717, 1.165) is 17.2 Å². The maximum absolute atomic E-state index is 13.3. The lowest BCUT2D eigenvalue weighted by Crippen LogP contribution is -2.08. The monoisotopic (exact) mass is 409 g/mol. The maximum atomic E-state index is 13.3. The number of hydrogen-bond acceptors (Lipinski definition) is 3. The van der Waals surface area contributed by atoms with E-state index >= 15 is 0 Å². The molecule has 0 bridgehead atoms. The Balaban J connectivity index is 1.52. The summed E-state index contributed by atoms with van der Waals surface area (Å²) >= 11 is 0. The summed E-state index contributed by atoms with van der Waals surface area (Å²) in [5.74, 6) is 0.000747. The number of aromatic nitrogens is 1. The molecule has 5 rings (SSSR count). The molecule has 0 aliphatic carbocycles. The Hall–Kier alpha value is -3.68. The molecule has 2 saturated heterocycles. The fourth-order valence-electron chi connectivity index (χ4n) is 3.43. The van der Waals surface area contributed by atoms with Gasteiger partial charge < -0.3 is 9.80 Å². The standard InChI is InChI=1S/C22H14F3N3O2/c23-22(24,25)18-2-1-7-26-21(18)14-5-3-13(4-6-14)15-8-16(27-11-19(27)29)10-17(9-15)28-12-20(28)30/h1-10H,11-12H2. The van der Waals surface area contributed by atoms with Crippen molar-refractivity contribution in [3.63, 3.8) is 0 Å². The Labute approximate surface area is 169 Å². The minimum Gasteiger partial charge on any atom is -0.301 e.